The van der Waals surface area contributed by atoms with Crippen molar-refractivity contribution in [2.75, 3.05) is 13.6 Å². The van der Waals surface area contributed by atoms with E-state index >= 15 is 0 Å². The Morgan fingerprint density at radius 3 is 2.60 bits per heavy atom. The molecule has 0 saturated heterocycles. The van der Waals surface area contributed by atoms with Crippen molar-refractivity contribution in [2.45, 2.75) is 6.54 Å². The Hall–Kier alpha value is -3.42. The molecule has 25 heavy (non-hydrogen) atoms. The third kappa shape index (κ3) is 5.03. The lowest BCUT2D eigenvalue weighted by molar-refractivity contribution is -0.120. The van der Waals surface area contributed by atoms with Gasteiger partial charge in [-0.3, -0.25) is 14.4 Å². The summed E-state index contributed by atoms with van der Waals surface area (Å²) < 4.78 is 0. The minimum absolute atomic E-state index is 0.145. The van der Waals surface area contributed by atoms with Gasteiger partial charge < -0.3 is 21.1 Å². The van der Waals surface area contributed by atoms with E-state index in [1.165, 1.54) is 18.3 Å². The van der Waals surface area contributed by atoms with Crippen LogP contribution in [0.4, 0.5) is 0 Å². The van der Waals surface area contributed by atoms with Crippen LogP contribution >= 0.6 is 0 Å². The van der Waals surface area contributed by atoms with Crippen molar-refractivity contribution in [3.8, 4) is 5.75 Å². The largest absolute Gasteiger partial charge is 0.505 e. The van der Waals surface area contributed by atoms with Gasteiger partial charge in [0, 0.05) is 25.4 Å². The summed E-state index contributed by atoms with van der Waals surface area (Å²) in [7, 11) is 1.54. The number of nitrogens with zero attached hydrogens (tertiary/aromatic N) is 1. The van der Waals surface area contributed by atoms with E-state index in [1.54, 1.807) is 31.3 Å². The normalized spacial score (nSPS) is 9.96. The van der Waals surface area contributed by atoms with E-state index < -0.39 is 11.8 Å². The van der Waals surface area contributed by atoms with Crippen LogP contribution in [0.5, 0.6) is 5.75 Å². The maximum absolute atomic E-state index is 11.8. The molecule has 130 valence electrons. The van der Waals surface area contributed by atoms with Crippen molar-refractivity contribution in [3.63, 3.8) is 0 Å². The van der Waals surface area contributed by atoms with Crippen LogP contribution in [0.25, 0.3) is 0 Å². The van der Waals surface area contributed by atoms with E-state index in [9.17, 15) is 19.5 Å². The first kappa shape index (κ1) is 17.9. The Balaban J connectivity index is 1.84. The van der Waals surface area contributed by atoms with Crippen molar-refractivity contribution in [1.82, 2.24) is 20.9 Å². The van der Waals surface area contributed by atoms with Crippen LogP contribution in [0, 0.1) is 0 Å². The first-order chi connectivity index (χ1) is 12.0. The smallest absolute Gasteiger partial charge is 0.274 e. The number of amides is 3. The van der Waals surface area contributed by atoms with E-state index in [2.05, 4.69) is 20.9 Å². The van der Waals surface area contributed by atoms with Crippen LogP contribution in [0.2, 0.25) is 0 Å². The Labute approximate surface area is 144 Å². The molecule has 2 rings (SSSR count). The lowest BCUT2D eigenvalue weighted by Gasteiger charge is -2.08. The second-order valence-corrected chi connectivity index (χ2v) is 5.11. The predicted octanol–water partition coefficient (Wildman–Crippen LogP) is 0.193. The maximum atomic E-state index is 11.8. The van der Waals surface area contributed by atoms with Crippen molar-refractivity contribution in [1.29, 1.82) is 0 Å². The second kappa shape index (κ2) is 8.44. The highest BCUT2D eigenvalue weighted by molar-refractivity contribution is 5.97. The topological polar surface area (TPSA) is 120 Å². The van der Waals surface area contributed by atoms with Crippen LogP contribution in [-0.2, 0) is 11.3 Å². The number of benzene rings is 1. The highest BCUT2D eigenvalue weighted by Gasteiger charge is 2.13. The third-order valence-corrected chi connectivity index (χ3v) is 3.32. The van der Waals surface area contributed by atoms with E-state index in [4.69, 9.17) is 0 Å². The van der Waals surface area contributed by atoms with Gasteiger partial charge in [-0.2, -0.15) is 0 Å². The number of hydrogen-bond donors (Lipinski definition) is 4. The van der Waals surface area contributed by atoms with E-state index in [0.717, 1.165) is 5.56 Å². The molecule has 0 aliphatic heterocycles. The fourth-order valence-electron chi connectivity index (χ4n) is 2.05. The SMILES string of the molecule is CNC(=O)c1cccc(CNC(=O)CNC(=O)c2ncccc2O)c1. The average molecular weight is 342 g/mol. The van der Waals surface area contributed by atoms with Crippen LogP contribution in [-0.4, -0.2) is 41.4 Å². The molecule has 0 spiro atoms. The number of aromatic nitrogens is 1. The Kier molecular flexibility index (Phi) is 6.05. The summed E-state index contributed by atoms with van der Waals surface area (Å²) in [5.74, 6) is -1.52. The molecule has 2 aromatic rings. The molecule has 0 fully saturated rings. The van der Waals surface area contributed by atoms with E-state index in [-0.39, 0.29) is 30.4 Å². The molecule has 0 radical (unpaired) electrons. The highest BCUT2D eigenvalue weighted by atomic mass is 16.3. The molecule has 1 heterocycles. The first-order valence-electron chi connectivity index (χ1n) is 7.51. The van der Waals surface area contributed by atoms with Gasteiger partial charge in [0.15, 0.2) is 5.69 Å². The van der Waals surface area contributed by atoms with Gasteiger partial charge in [-0.1, -0.05) is 12.1 Å². The zero-order chi connectivity index (χ0) is 18.2. The zero-order valence-electron chi connectivity index (χ0n) is 13.6. The summed E-state index contributed by atoms with van der Waals surface area (Å²) in [6, 6.07) is 9.66. The van der Waals surface area contributed by atoms with Gasteiger partial charge in [-0.25, -0.2) is 4.98 Å². The standard InChI is InChI=1S/C17H18N4O4/c1-18-16(24)12-5-2-4-11(8-12)9-20-14(23)10-21-17(25)15-13(22)6-3-7-19-15/h2-8,22H,9-10H2,1H3,(H,18,24)(H,20,23)(H,21,25). The monoisotopic (exact) mass is 342 g/mol. The van der Waals surface area contributed by atoms with Crippen LogP contribution in [0.3, 0.4) is 0 Å². The van der Waals surface area contributed by atoms with Crippen molar-refractivity contribution in [3.05, 3.63) is 59.4 Å². The molecule has 4 N–H and O–H groups in total. The molecular weight excluding hydrogens is 324 g/mol. The summed E-state index contributed by atoms with van der Waals surface area (Å²) in [6.45, 7) is -0.0433. The van der Waals surface area contributed by atoms with E-state index in [0.29, 0.717) is 5.56 Å². The number of hydrogen-bond acceptors (Lipinski definition) is 5. The molecular formula is C17H18N4O4. The molecule has 0 aliphatic rings. The predicted molar refractivity (Wildman–Crippen MR) is 89.9 cm³/mol. The molecule has 0 unspecified atom stereocenters. The number of pyridine rings is 1. The summed E-state index contributed by atoms with van der Waals surface area (Å²) in [4.78, 5) is 39.0. The molecule has 8 nitrogen and oxygen atoms in total. The van der Waals surface area contributed by atoms with Gasteiger partial charge in [0.25, 0.3) is 11.8 Å². The zero-order valence-corrected chi connectivity index (χ0v) is 13.6. The van der Waals surface area contributed by atoms with Gasteiger partial charge in [0.2, 0.25) is 5.91 Å². The fourth-order valence-corrected chi connectivity index (χ4v) is 2.05. The van der Waals surface area contributed by atoms with Gasteiger partial charge >= 0.3 is 0 Å². The van der Waals surface area contributed by atoms with Crippen molar-refractivity contribution in [2.24, 2.45) is 0 Å². The molecule has 3 amide bonds. The molecule has 1 aromatic heterocycles. The summed E-state index contributed by atoms with van der Waals surface area (Å²) in [5, 5.41) is 17.1. The second-order valence-electron chi connectivity index (χ2n) is 5.11. The third-order valence-electron chi connectivity index (χ3n) is 3.32. The number of nitrogens with one attached hydrogen (secondary N) is 3. The lowest BCUT2D eigenvalue weighted by atomic mass is 10.1. The molecule has 1 aromatic carbocycles. The Bertz CT molecular complexity index is 792. The van der Waals surface area contributed by atoms with Gasteiger partial charge in [-0.15, -0.1) is 0 Å². The number of carbonyl (C=O) groups excluding carboxylic acids is 3. The molecule has 0 saturated carbocycles. The summed E-state index contributed by atoms with van der Waals surface area (Å²) >= 11 is 0. The van der Waals surface area contributed by atoms with Crippen molar-refractivity contribution >= 4 is 17.7 Å². The molecule has 0 aliphatic carbocycles. The maximum Gasteiger partial charge on any atom is 0.274 e. The van der Waals surface area contributed by atoms with Gasteiger partial charge in [-0.05, 0) is 29.8 Å². The Morgan fingerprint density at radius 2 is 1.88 bits per heavy atom. The average Bonchev–Trinajstić information content (AvgIpc) is 2.64. The van der Waals surface area contributed by atoms with Gasteiger partial charge in [0.05, 0.1) is 6.54 Å². The number of carbonyl (C=O) groups is 3. The minimum Gasteiger partial charge on any atom is -0.505 e. The summed E-state index contributed by atoms with van der Waals surface area (Å²) in [6.07, 6.45) is 1.37. The van der Waals surface area contributed by atoms with Crippen LogP contribution < -0.4 is 16.0 Å². The molecule has 0 atom stereocenters. The fraction of sp³-hybridized carbons (Fsp3) is 0.176. The first-order valence-corrected chi connectivity index (χ1v) is 7.51. The van der Waals surface area contributed by atoms with E-state index in [1.807, 2.05) is 0 Å². The molecule has 0 bridgehead atoms. The van der Waals surface area contributed by atoms with Crippen LogP contribution in [0.15, 0.2) is 42.6 Å². The van der Waals surface area contributed by atoms with Crippen molar-refractivity contribution < 1.29 is 19.5 Å². The Morgan fingerprint density at radius 1 is 1.08 bits per heavy atom. The highest BCUT2D eigenvalue weighted by Crippen LogP contribution is 2.11. The van der Waals surface area contributed by atoms with Gasteiger partial charge in [0.1, 0.15) is 5.75 Å². The molecule has 8 heteroatoms. The number of rotatable bonds is 6. The van der Waals surface area contributed by atoms with Crippen LogP contribution in [0.1, 0.15) is 26.4 Å². The quantitative estimate of drug-likeness (QED) is 0.597. The minimum atomic E-state index is -0.644. The number of aromatic hydroxyl groups is 1. The lowest BCUT2D eigenvalue weighted by Crippen LogP contribution is -2.37. The summed E-state index contributed by atoms with van der Waals surface area (Å²) in [5.41, 5.74) is 1.10.